The average molecular weight is 388 g/mol. The van der Waals surface area contributed by atoms with Crippen molar-refractivity contribution in [3.05, 3.63) is 77.2 Å². The molecule has 146 valence electrons. The van der Waals surface area contributed by atoms with Crippen LogP contribution in [0.4, 0.5) is 0 Å². The number of hydrogen-bond donors (Lipinski definition) is 0. The van der Waals surface area contributed by atoms with Crippen molar-refractivity contribution < 1.29 is 18.6 Å². The topological polar surface area (TPSA) is 57.9 Å². The minimum Gasteiger partial charge on any atom is -0.493 e. The van der Waals surface area contributed by atoms with Crippen LogP contribution >= 0.6 is 0 Å². The number of fused-ring (bicyclic) bond motifs is 1. The smallest absolute Gasteiger partial charge is 0.336 e. The summed E-state index contributed by atoms with van der Waals surface area (Å²) in [5.74, 6) is 1.32. The van der Waals surface area contributed by atoms with E-state index in [1.807, 2.05) is 42.5 Å². The van der Waals surface area contributed by atoms with Crippen LogP contribution in [0, 0.1) is 0 Å². The highest BCUT2D eigenvalue weighted by molar-refractivity contribution is 6.01. The Hall–Kier alpha value is -3.73. The standard InChI is InChI=1S/C24H20O5/c1-26-20-14-19-22(24(28-3)23(20)27-2)18(13-21(25)29-19)17-11-9-16(10-12-17)15-7-5-4-6-8-15/h4-14H,1-3H3. The summed E-state index contributed by atoms with van der Waals surface area (Å²) >= 11 is 0. The summed E-state index contributed by atoms with van der Waals surface area (Å²) in [5, 5.41) is 0.650. The van der Waals surface area contributed by atoms with Gasteiger partial charge in [0.15, 0.2) is 11.5 Å². The summed E-state index contributed by atoms with van der Waals surface area (Å²) in [6.07, 6.45) is 0. The van der Waals surface area contributed by atoms with E-state index >= 15 is 0 Å². The fraction of sp³-hybridized carbons (Fsp3) is 0.125. The van der Waals surface area contributed by atoms with Crippen LogP contribution < -0.4 is 19.8 Å². The van der Waals surface area contributed by atoms with E-state index in [4.69, 9.17) is 18.6 Å². The lowest BCUT2D eigenvalue weighted by Gasteiger charge is -2.16. The SMILES string of the molecule is COc1cc2oc(=O)cc(-c3ccc(-c4ccccc4)cc3)c2c(OC)c1OC. The molecule has 0 spiro atoms. The van der Waals surface area contributed by atoms with Gasteiger partial charge in [0.25, 0.3) is 0 Å². The van der Waals surface area contributed by atoms with E-state index in [1.165, 1.54) is 13.2 Å². The highest BCUT2D eigenvalue weighted by atomic mass is 16.5. The largest absolute Gasteiger partial charge is 0.493 e. The Morgan fingerprint density at radius 2 is 1.31 bits per heavy atom. The molecule has 0 aliphatic rings. The third-order valence-corrected chi connectivity index (χ3v) is 4.84. The molecule has 29 heavy (non-hydrogen) atoms. The molecule has 0 aliphatic heterocycles. The van der Waals surface area contributed by atoms with Crippen molar-refractivity contribution in [2.24, 2.45) is 0 Å². The predicted octanol–water partition coefficient (Wildman–Crippen LogP) is 5.15. The molecular formula is C24H20O5. The molecule has 0 bridgehead atoms. The maximum Gasteiger partial charge on any atom is 0.336 e. The van der Waals surface area contributed by atoms with Gasteiger partial charge in [-0.2, -0.15) is 0 Å². The molecule has 0 unspecified atom stereocenters. The van der Waals surface area contributed by atoms with Crippen molar-refractivity contribution >= 4 is 11.0 Å². The lowest BCUT2D eigenvalue weighted by atomic mass is 9.97. The monoisotopic (exact) mass is 388 g/mol. The Labute approximate surface area is 168 Å². The molecule has 0 saturated heterocycles. The van der Waals surface area contributed by atoms with Crippen LogP contribution in [0.5, 0.6) is 17.2 Å². The van der Waals surface area contributed by atoms with E-state index in [0.29, 0.717) is 33.8 Å². The van der Waals surface area contributed by atoms with Crippen LogP contribution in [0.3, 0.4) is 0 Å². The van der Waals surface area contributed by atoms with Crippen LogP contribution in [-0.2, 0) is 0 Å². The first-order valence-electron chi connectivity index (χ1n) is 9.09. The summed E-state index contributed by atoms with van der Waals surface area (Å²) in [6, 6.07) is 21.2. The number of benzene rings is 3. The Balaban J connectivity index is 1.95. The van der Waals surface area contributed by atoms with Crippen LogP contribution in [0.1, 0.15) is 0 Å². The molecule has 1 aromatic heterocycles. The second-order valence-electron chi connectivity index (χ2n) is 6.44. The van der Waals surface area contributed by atoms with Gasteiger partial charge in [0.1, 0.15) is 5.58 Å². The maximum absolute atomic E-state index is 12.2. The molecule has 5 nitrogen and oxygen atoms in total. The first-order chi connectivity index (χ1) is 14.2. The first kappa shape index (κ1) is 18.6. The van der Waals surface area contributed by atoms with Crippen molar-refractivity contribution in [1.82, 2.24) is 0 Å². The maximum atomic E-state index is 12.2. The Kier molecular flexibility index (Phi) is 4.96. The van der Waals surface area contributed by atoms with Gasteiger partial charge < -0.3 is 18.6 Å². The molecule has 5 heteroatoms. The van der Waals surface area contributed by atoms with Crippen molar-refractivity contribution in [3.63, 3.8) is 0 Å². The van der Waals surface area contributed by atoms with E-state index in [-0.39, 0.29) is 0 Å². The van der Waals surface area contributed by atoms with Gasteiger partial charge in [-0.15, -0.1) is 0 Å². The van der Waals surface area contributed by atoms with Gasteiger partial charge in [-0.3, -0.25) is 0 Å². The minimum absolute atomic E-state index is 0.370. The van der Waals surface area contributed by atoms with Crippen molar-refractivity contribution in [3.8, 4) is 39.5 Å². The molecule has 0 atom stereocenters. The highest BCUT2D eigenvalue weighted by Crippen LogP contribution is 2.46. The molecule has 0 saturated carbocycles. The van der Waals surface area contributed by atoms with Gasteiger partial charge >= 0.3 is 5.63 Å². The summed E-state index contributed by atoms with van der Waals surface area (Å²) in [7, 11) is 4.61. The molecule has 0 radical (unpaired) electrons. The molecule has 0 aliphatic carbocycles. The van der Waals surface area contributed by atoms with Gasteiger partial charge in [0.05, 0.1) is 26.7 Å². The molecule has 1 heterocycles. The highest BCUT2D eigenvalue weighted by Gasteiger charge is 2.21. The van der Waals surface area contributed by atoms with Gasteiger partial charge in [-0.1, -0.05) is 54.6 Å². The molecule has 4 rings (SSSR count). The number of methoxy groups -OCH3 is 3. The third-order valence-electron chi connectivity index (χ3n) is 4.84. The first-order valence-corrected chi connectivity index (χ1v) is 9.09. The van der Waals surface area contributed by atoms with Gasteiger partial charge in [0.2, 0.25) is 5.75 Å². The predicted molar refractivity (Wildman–Crippen MR) is 113 cm³/mol. The zero-order chi connectivity index (χ0) is 20.4. The summed E-state index contributed by atoms with van der Waals surface area (Å²) < 4.78 is 21.9. The van der Waals surface area contributed by atoms with E-state index < -0.39 is 5.63 Å². The fourth-order valence-corrected chi connectivity index (χ4v) is 3.50. The third kappa shape index (κ3) is 3.31. The Bertz CT molecular complexity index is 1210. The normalized spacial score (nSPS) is 10.7. The van der Waals surface area contributed by atoms with E-state index in [9.17, 15) is 4.79 Å². The van der Waals surface area contributed by atoms with Gasteiger partial charge in [-0.05, 0) is 16.7 Å². The Morgan fingerprint density at radius 3 is 1.93 bits per heavy atom. The summed E-state index contributed by atoms with van der Waals surface area (Å²) in [4.78, 5) is 12.2. The summed E-state index contributed by atoms with van der Waals surface area (Å²) in [5.41, 5.74) is 3.71. The van der Waals surface area contributed by atoms with E-state index in [1.54, 1.807) is 20.3 Å². The molecule has 4 aromatic rings. The lowest BCUT2D eigenvalue weighted by Crippen LogP contribution is -2.02. The van der Waals surface area contributed by atoms with Crippen molar-refractivity contribution in [1.29, 1.82) is 0 Å². The number of hydrogen-bond acceptors (Lipinski definition) is 5. The quantitative estimate of drug-likeness (QED) is 0.443. The number of rotatable bonds is 5. The lowest BCUT2D eigenvalue weighted by molar-refractivity contribution is 0.326. The van der Waals surface area contributed by atoms with Crippen LogP contribution in [0.2, 0.25) is 0 Å². The molecule has 0 fully saturated rings. The van der Waals surface area contributed by atoms with Gasteiger partial charge in [-0.25, -0.2) is 4.79 Å². The number of ether oxygens (including phenoxy) is 3. The fourth-order valence-electron chi connectivity index (χ4n) is 3.50. The zero-order valence-corrected chi connectivity index (χ0v) is 16.4. The van der Waals surface area contributed by atoms with E-state index in [0.717, 1.165) is 16.7 Å². The van der Waals surface area contributed by atoms with Crippen molar-refractivity contribution in [2.75, 3.05) is 21.3 Å². The molecular weight excluding hydrogens is 368 g/mol. The molecule has 3 aromatic carbocycles. The summed E-state index contributed by atoms with van der Waals surface area (Å²) in [6.45, 7) is 0. The zero-order valence-electron chi connectivity index (χ0n) is 16.4. The average Bonchev–Trinajstić information content (AvgIpc) is 2.77. The van der Waals surface area contributed by atoms with Crippen LogP contribution in [0.15, 0.2) is 75.9 Å². The molecule has 0 amide bonds. The van der Waals surface area contributed by atoms with E-state index in [2.05, 4.69) is 12.1 Å². The Morgan fingerprint density at radius 1 is 0.690 bits per heavy atom. The second kappa shape index (κ2) is 7.72. The second-order valence-corrected chi connectivity index (χ2v) is 6.44. The minimum atomic E-state index is -0.450. The van der Waals surface area contributed by atoms with Gasteiger partial charge in [0, 0.05) is 17.7 Å². The van der Waals surface area contributed by atoms with Crippen molar-refractivity contribution in [2.45, 2.75) is 0 Å². The van der Waals surface area contributed by atoms with Crippen LogP contribution in [0.25, 0.3) is 33.2 Å². The van der Waals surface area contributed by atoms with Crippen LogP contribution in [-0.4, -0.2) is 21.3 Å². The molecule has 0 N–H and O–H groups in total.